The second kappa shape index (κ2) is 8.86. The average Bonchev–Trinajstić information content (AvgIpc) is 2.85. The smallest absolute Gasteiger partial charge is 0.0897 e. The Balaban J connectivity index is 1.96. The van der Waals surface area contributed by atoms with Gasteiger partial charge in [0, 0.05) is 25.7 Å². The summed E-state index contributed by atoms with van der Waals surface area (Å²) in [5.41, 5.74) is 0. The molecule has 0 bridgehead atoms. The molecule has 1 saturated carbocycles. The number of nitrogens with zero attached hydrogens (tertiary/aromatic N) is 1. The molecule has 108 valence electrons. The SMILES string of the molecule is CC(C)OCC(O)CNCCN(C)C1CCCC1. The molecule has 0 aromatic heterocycles. The fourth-order valence-corrected chi connectivity index (χ4v) is 2.41. The molecule has 2 N–H and O–H groups in total. The van der Waals surface area contributed by atoms with Crippen LogP contribution in [0, 0.1) is 0 Å². The van der Waals surface area contributed by atoms with E-state index in [1.165, 1.54) is 25.7 Å². The maximum Gasteiger partial charge on any atom is 0.0897 e. The first kappa shape index (κ1) is 15.9. The molecule has 0 aliphatic heterocycles. The minimum Gasteiger partial charge on any atom is -0.389 e. The van der Waals surface area contributed by atoms with E-state index >= 15 is 0 Å². The van der Waals surface area contributed by atoms with Gasteiger partial charge in [0.2, 0.25) is 0 Å². The van der Waals surface area contributed by atoms with Gasteiger partial charge in [0.1, 0.15) is 0 Å². The predicted octanol–water partition coefficient (Wildman–Crippen LogP) is 1.24. The summed E-state index contributed by atoms with van der Waals surface area (Å²) >= 11 is 0. The molecule has 0 aromatic carbocycles. The maximum atomic E-state index is 9.67. The van der Waals surface area contributed by atoms with Crippen molar-refractivity contribution in [3.63, 3.8) is 0 Å². The van der Waals surface area contributed by atoms with Crippen LogP contribution in [-0.4, -0.2) is 61.5 Å². The lowest BCUT2D eigenvalue weighted by atomic mass is 10.2. The van der Waals surface area contributed by atoms with Gasteiger partial charge in [-0.3, -0.25) is 0 Å². The Morgan fingerprint density at radius 1 is 1.33 bits per heavy atom. The first-order valence-corrected chi connectivity index (χ1v) is 7.30. The molecular weight excluding hydrogens is 228 g/mol. The Morgan fingerprint density at radius 3 is 2.61 bits per heavy atom. The fraction of sp³-hybridized carbons (Fsp3) is 1.00. The van der Waals surface area contributed by atoms with Crippen LogP contribution >= 0.6 is 0 Å². The van der Waals surface area contributed by atoms with E-state index in [4.69, 9.17) is 4.74 Å². The van der Waals surface area contributed by atoms with Gasteiger partial charge in [0.25, 0.3) is 0 Å². The van der Waals surface area contributed by atoms with Crippen molar-refractivity contribution < 1.29 is 9.84 Å². The number of nitrogens with one attached hydrogen (secondary N) is 1. The van der Waals surface area contributed by atoms with Gasteiger partial charge in [0.15, 0.2) is 0 Å². The van der Waals surface area contributed by atoms with Crippen molar-refractivity contribution in [1.29, 1.82) is 0 Å². The van der Waals surface area contributed by atoms with Crippen LogP contribution in [0.4, 0.5) is 0 Å². The second-order valence-corrected chi connectivity index (χ2v) is 5.66. The van der Waals surface area contributed by atoms with Gasteiger partial charge in [-0.2, -0.15) is 0 Å². The zero-order chi connectivity index (χ0) is 13.4. The predicted molar refractivity (Wildman–Crippen MR) is 74.9 cm³/mol. The van der Waals surface area contributed by atoms with Crippen molar-refractivity contribution in [2.45, 2.75) is 57.8 Å². The van der Waals surface area contributed by atoms with Crippen molar-refractivity contribution in [3.05, 3.63) is 0 Å². The molecule has 1 aliphatic rings. The van der Waals surface area contributed by atoms with E-state index < -0.39 is 6.10 Å². The Hall–Kier alpha value is -0.160. The van der Waals surface area contributed by atoms with E-state index in [0.29, 0.717) is 13.2 Å². The van der Waals surface area contributed by atoms with Crippen LogP contribution in [0.25, 0.3) is 0 Å². The summed E-state index contributed by atoms with van der Waals surface area (Å²) in [6.45, 7) is 7.00. The third-order valence-corrected chi connectivity index (χ3v) is 3.59. The molecule has 0 spiro atoms. The number of ether oxygens (including phenoxy) is 1. The second-order valence-electron chi connectivity index (χ2n) is 5.66. The standard InChI is InChI=1S/C14H30N2O2/c1-12(2)18-11-14(17)10-15-8-9-16(3)13-6-4-5-7-13/h12-15,17H,4-11H2,1-3H3. The van der Waals surface area contributed by atoms with Crippen LogP contribution < -0.4 is 5.32 Å². The number of aliphatic hydroxyl groups excluding tert-OH is 1. The number of rotatable bonds is 9. The van der Waals surface area contributed by atoms with Crippen molar-refractivity contribution >= 4 is 0 Å². The van der Waals surface area contributed by atoms with Crippen LogP contribution in [0.3, 0.4) is 0 Å². The molecule has 1 unspecified atom stereocenters. The summed E-state index contributed by atoms with van der Waals surface area (Å²) < 4.78 is 5.36. The normalized spacial score (nSPS) is 19.0. The first-order chi connectivity index (χ1) is 8.59. The highest BCUT2D eigenvalue weighted by Gasteiger charge is 2.18. The monoisotopic (exact) mass is 258 g/mol. The van der Waals surface area contributed by atoms with Crippen molar-refractivity contribution in [3.8, 4) is 0 Å². The lowest BCUT2D eigenvalue weighted by Gasteiger charge is -2.24. The Kier molecular flexibility index (Phi) is 7.82. The summed E-state index contributed by atoms with van der Waals surface area (Å²) in [5.74, 6) is 0. The average molecular weight is 258 g/mol. The van der Waals surface area contributed by atoms with Gasteiger partial charge in [-0.15, -0.1) is 0 Å². The Labute approximate surface area is 112 Å². The summed E-state index contributed by atoms with van der Waals surface area (Å²) in [4.78, 5) is 2.44. The van der Waals surface area contributed by atoms with Crippen molar-refractivity contribution in [2.24, 2.45) is 0 Å². The lowest BCUT2D eigenvalue weighted by Crippen LogP contribution is -2.38. The van der Waals surface area contributed by atoms with E-state index in [1.54, 1.807) is 0 Å². The van der Waals surface area contributed by atoms with Crippen molar-refractivity contribution in [1.82, 2.24) is 10.2 Å². The molecule has 18 heavy (non-hydrogen) atoms. The maximum absolute atomic E-state index is 9.67. The molecule has 4 heteroatoms. The van der Waals surface area contributed by atoms with Crippen LogP contribution in [0.5, 0.6) is 0 Å². The minimum atomic E-state index is -0.399. The number of aliphatic hydroxyl groups is 1. The van der Waals surface area contributed by atoms with Gasteiger partial charge in [0.05, 0.1) is 18.8 Å². The molecule has 1 fully saturated rings. The molecule has 0 amide bonds. The largest absolute Gasteiger partial charge is 0.389 e. The zero-order valence-corrected chi connectivity index (χ0v) is 12.2. The number of likely N-dealkylation sites (N-methyl/N-ethyl adjacent to an activating group) is 1. The minimum absolute atomic E-state index is 0.188. The summed E-state index contributed by atoms with van der Waals surface area (Å²) in [5, 5.41) is 13.0. The summed E-state index contributed by atoms with van der Waals surface area (Å²) in [6.07, 6.45) is 5.25. The third kappa shape index (κ3) is 6.69. The molecular formula is C14H30N2O2. The molecule has 1 aliphatic carbocycles. The van der Waals surface area contributed by atoms with E-state index in [-0.39, 0.29) is 6.10 Å². The van der Waals surface area contributed by atoms with Crippen molar-refractivity contribution in [2.75, 3.05) is 33.3 Å². The van der Waals surface area contributed by atoms with E-state index in [0.717, 1.165) is 19.1 Å². The Morgan fingerprint density at radius 2 is 2.00 bits per heavy atom. The van der Waals surface area contributed by atoms with Crippen LogP contribution in [0.2, 0.25) is 0 Å². The number of hydrogen-bond donors (Lipinski definition) is 2. The van der Waals surface area contributed by atoms with Crippen LogP contribution in [0.1, 0.15) is 39.5 Å². The quantitative estimate of drug-likeness (QED) is 0.611. The molecule has 0 saturated heterocycles. The molecule has 4 nitrogen and oxygen atoms in total. The molecule has 0 aromatic rings. The Bertz CT molecular complexity index is 206. The summed E-state index contributed by atoms with van der Waals surface area (Å²) in [6, 6.07) is 0.779. The third-order valence-electron chi connectivity index (χ3n) is 3.59. The highest BCUT2D eigenvalue weighted by Crippen LogP contribution is 2.21. The van der Waals surface area contributed by atoms with Gasteiger partial charge < -0.3 is 20.1 Å². The summed E-state index contributed by atoms with van der Waals surface area (Å²) in [7, 11) is 2.20. The molecule has 1 atom stereocenters. The van der Waals surface area contributed by atoms with Gasteiger partial charge >= 0.3 is 0 Å². The number of hydrogen-bond acceptors (Lipinski definition) is 4. The lowest BCUT2D eigenvalue weighted by molar-refractivity contribution is 0.00628. The van der Waals surface area contributed by atoms with Gasteiger partial charge in [-0.05, 0) is 33.7 Å². The highest BCUT2D eigenvalue weighted by atomic mass is 16.5. The molecule has 1 rings (SSSR count). The van der Waals surface area contributed by atoms with Gasteiger partial charge in [-0.25, -0.2) is 0 Å². The van der Waals surface area contributed by atoms with E-state index in [9.17, 15) is 5.11 Å². The highest BCUT2D eigenvalue weighted by molar-refractivity contribution is 4.75. The molecule has 0 radical (unpaired) electrons. The fourth-order valence-electron chi connectivity index (χ4n) is 2.41. The molecule has 0 heterocycles. The van der Waals surface area contributed by atoms with E-state index in [1.807, 2.05) is 13.8 Å². The van der Waals surface area contributed by atoms with Gasteiger partial charge in [-0.1, -0.05) is 12.8 Å². The topological polar surface area (TPSA) is 44.7 Å². The van der Waals surface area contributed by atoms with Crippen LogP contribution in [0.15, 0.2) is 0 Å². The first-order valence-electron chi connectivity index (χ1n) is 7.30. The zero-order valence-electron chi connectivity index (χ0n) is 12.2. The van der Waals surface area contributed by atoms with Crippen LogP contribution in [-0.2, 0) is 4.74 Å². The van der Waals surface area contributed by atoms with E-state index in [2.05, 4.69) is 17.3 Å².